The summed E-state index contributed by atoms with van der Waals surface area (Å²) in [7, 11) is 0. The number of hydrogen-bond acceptors (Lipinski definition) is 6. The summed E-state index contributed by atoms with van der Waals surface area (Å²) in [4.78, 5) is 28.0. The van der Waals surface area contributed by atoms with Crippen molar-refractivity contribution in [2.24, 2.45) is 0 Å². The van der Waals surface area contributed by atoms with Crippen LogP contribution in [-0.2, 0) is 0 Å². The third-order valence-electron chi connectivity index (χ3n) is 3.82. The molecule has 138 valence electrons. The Kier molecular flexibility index (Phi) is 5.88. The number of benzene rings is 2. The zero-order valence-corrected chi connectivity index (χ0v) is 16.4. The highest BCUT2D eigenvalue weighted by molar-refractivity contribution is 8.01. The largest absolute Gasteiger partial charge is 0.312 e. The van der Waals surface area contributed by atoms with Gasteiger partial charge in [-0.15, -0.1) is 0 Å². The summed E-state index contributed by atoms with van der Waals surface area (Å²) in [6, 6.07) is 14.1. The summed E-state index contributed by atoms with van der Waals surface area (Å²) in [5, 5.41) is 14.6. The van der Waals surface area contributed by atoms with Gasteiger partial charge in [-0.2, -0.15) is 0 Å². The Bertz CT molecular complexity index is 987. The molecule has 1 aromatic heterocycles. The van der Waals surface area contributed by atoms with E-state index < -0.39 is 10.8 Å². The van der Waals surface area contributed by atoms with Gasteiger partial charge in [-0.1, -0.05) is 66.4 Å². The van der Waals surface area contributed by atoms with E-state index in [0.29, 0.717) is 16.3 Å². The fourth-order valence-electron chi connectivity index (χ4n) is 2.48. The van der Waals surface area contributed by atoms with Crippen LogP contribution in [-0.4, -0.2) is 21.6 Å². The number of thiazole rings is 1. The van der Waals surface area contributed by atoms with Crippen LogP contribution in [0.4, 0.5) is 10.7 Å². The number of aromatic nitrogens is 1. The van der Waals surface area contributed by atoms with Crippen molar-refractivity contribution in [3.8, 4) is 11.3 Å². The van der Waals surface area contributed by atoms with Crippen LogP contribution in [0.3, 0.4) is 0 Å². The first-order valence-electron chi connectivity index (χ1n) is 8.25. The number of aryl methyl sites for hydroxylation is 1. The maximum Gasteiger partial charge on any atom is 0.273 e. The highest BCUT2D eigenvalue weighted by atomic mass is 32.2. The molecule has 3 aromatic rings. The van der Waals surface area contributed by atoms with Crippen molar-refractivity contribution in [2.45, 2.75) is 18.2 Å². The minimum Gasteiger partial charge on any atom is -0.312 e. The molecule has 0 spiro atoms. The zero-order chi connectivity index (χ0) is 19.4. The molecule has 0 fully saturated rings. The predicted octanol–water partition coefficient (Wildman–Crippen LogP) is 5.39. The Labute approximate surface area is 164 Å². The van der Waals surface area contributed by atoms with E-state index in [1.807, 2.05) is 37.3 Å². The van der Waals surface area contributed by atoms with Crippen molar-refractivity contribution in [1.29, 1.82) is 0 Å². The number of anilines is 1. The maximum absolute atomic E-state index is 12.7. The topological polar surface area (TPSA) is 85.1 Å². The lowest BCUT2D eigenvalue weighted by molar-refractivity contribution is -0.385. The van der Waals surface area contributed by atoms with E-state index in [4.69, 9.17) is 0 Å². The second kappa shape index (κ2) is 8.32. The number of nitro groups is 1. The molecule has 0 aliphatic heterocycles. The molecule has 0 bridgehead atoms. The summed E-state index contributed by atoms with van der Waals surface area (Å²) in [5.41, 5.74) is 2.29. The quantitative estimate of drug-likeness (QED) is 0.341. The molecule has 3 rings (SSSR count). The third kappa shape index (κ3) is 4.35. The van der Waals surface area contributed by atoms with Crippen molar-refractivity contribution in [3.05, 3.63) is 69.8 Å². The van der Waals surface area contributed by atoms with Crippen LogP contribution < -0.4 is 5.32 Å². The van der Waals surface area contributed by atoms with Gasteiger partial charge in [0.15, 0.2) is 4.34 Å². The molecular formula is C19H17N3O3S2. The van der Waals surface area contributed by atoms with Crippen molar-refractivity contribution >= 4 is 39.7 Å². The summed E-state index contributed by atoms with van der Waals surface area (Å²) in [5.74, 6) is 0.478. The van der Waals surface area contributed by atoms with Crippen LogP contribution >= 0.6 is 23.1 Å². The number of nitro benzene ring substituents is 1. The molecule has 1 amide bonds. The van der Waals surface area contributed by atoms with E-state index in [9.17, 15) is 14.9 Å². The molecule has 8 heteroatoms. The van der Waals surface area contributed by atoms with Crippen LogP contribution in [0.1, 0.15) is 22.8 Å². The number of nitrogens with one attached hydrogen (secondary N) is 1. The zero-order valence-electron chi connectivity index (χ0n) is 14.8. The lowest BCUT2D eigenvalue weighted by Crippen LogP contribution is -2.12. The highest BCUT2D eigenvalue weighted by Crippen LogP contribution is 2.37. The molecule has 0 unspecified atom stereocenters. The van der Waals surface area contributed by atoms with Crippen molar-refractivity contribution in [1.82, 2.24) is 4.98 Å². The van der Waals surface area contributed by atoms with Gasteiger partial charge in [0.05, 0.1) is 4.92 Å². The number of thioether (sulfide) groups is 1. The van der Waals surface area contributed by atoms with Gasteiger partial charge in [-0.25, -0.2) is 4.98 Å². The molecule has 6 nitrogen and oxygen atoms in total. The Morgan fingerprint density at radius 2 is 2.00 bits per heavy atom. The van der Waals surface area contributed by atoms with Gasteiger partial charge in [0, 0.05) is 22.8 Å². The molecule has 1 N–H and O–H groups in total. The number of carbonyl (C=O) groups is 1. The predicted molar refractivity (Wildman–Crippen MR) is 110 cm³/mol. The van der Waals surface area contributed by atoms with Crippen LogP contribution in [0.15, 0.2) is 52.9 Å². The normalized spacial score (nSPS) is 10.6. The fourth-order valence-corrected chi connectivity index (χ4v) is 4.44. The van der Waals surface area contributed by atoms with Gasteiger partial charge in [-0.3, -0.25) is 14.9 Å². The average molecular weight is 399 g/mol. The Morgan fingerprint density at radius 3 is 2.67 bits per heavy atom. The molecule has 0 aliphatic carbocycles. The molecular weight excluding hydrogens is 382 g/mol. The first-order chi connectivity index (χ1) is 13.0. The lowest BCUT2D eigenvalue weighted by Gasteiger charge is -2.06. The average Bonchev–Trinajstić information content (AvgIpc) is 3.05. The van der Waals surface area contributed by atoms with E-state index in [0.717, 1.165) is 15.7 Å². The van der Waals surface area contributed by atoms with Gasteiger partial charge in [0.1, 0.15) is 10.7 Å². The van der Waals surface area contributed by atoms with Gasteiger partial charge in [0.25, 0.3) is 11.6 Å². The summed E-state index contributed by atoms with van der Waals surface area (Å²) >= 11 is 3.00. The summed E-state index contributed by atoms with van der Waals surface area (Å²) in [6.07, 6.45) is 0. The van der Waals surface area contributed by atoms with Crippen molar-refractivity contribution in [3.63, 3.8) is 0 Å². The molecule has 0 atom stereocenters. The number of rotatable bonds is 6. The monoisotopic (exact) mass is 399 g/mol. The number of nitrogens with zero attached hydrogens (tertiary/aromatic N) is 2. The van der Waals surface area contributed by atoms with Crippen LogP contribution in [0, 0.1) is 17.0 Å². The molecule has 0 saturated carbocycles. The van der Waals surface area contributed by atoms with Gasteiger partial charge in [-0.05, 0) is 18.7 Å². The van der Waals surface area contributed by atoms with Crippen LogP contribution in [0.2, 0.25) is 0 Å². The van der Waals surface area contributed by atoms with Crippen molar-refractivity contribution < 1.29 is 9.72 Å². The molecule has 0 radical (unpaired) electrons. The minimum absolute atomic E-state index is 0.0718. The first-order valence-corrected chi connectivity index (χ1v) is 10.0. The van der Waals surface area contributed by atoms with E-state index in [1.165, 1.54) is 17.4 Å². The second-order valence-corrected chi connectivity index (χ2v) is 8.18. The molecule has 0 saturated heterocycles. The summed E-state index contributed by atoms with van der Waals surface area (Å²) < 4.78 is 0.863. The number of carbonyl (C=O) groups excluding carboxylic acids is 1. The second-order valence-electron chi connectivity index (χ2n) is 5.67. The Hall–Kier alpha value is -2.71. The highest BCUT2D eigenvalue weighted by Gasteiger charge is 2.19. The first kappa shape index (κ1) is 19.1. The van der Waals surface area contributed by atoms with E-state index in [-0.39, 0.29) is 11.3 Å². The Morgan fingerprint density at radius 1 is 1.26 bits per heavy atom. The molecule has 1 heterocycles. The maximum atomic E-state index is 12.7. The number of amides is 1. The third-order valence-corrected chi connectivity index (χ3v) is 5.81. The van der Waals surface area contributed by atoms with Gasteiger partial charge < -0.3 is 5.32 Å². The lowest BCUT2D eigenvalue weighted by atomic mass is 10.1. The van der Waals surface area contributed by atoms with Crippen LogP contribution in [0.25, 0.3) is 11.3 Å². The van der Waals surface area contributed by atoms with E-state index in [2.05, 4.69) is 10.3 Å². The van der Waals surface area contributed by atoms with Gasteiger partial charge in [0.2, 0.25) is 0 Å². The van der Waals surface area contributed by atoms with Gasteiger partial charge >= 0.3 is 0 Å². The molecule has 0 aliphatic rings. The summed E-state index contributed by atoms with van der Waals surface area (Å²) in [6.45, 7) is 3.68. The minimum atomic E-state index is -0.482. The number of hydrogen-bond donors (Lipinski definition) is 1. The SMILES string of the molecule is CCSc1nc(-c2ccccc2)c(NC(=O)c2ccc(C)c([N+](=O)[O-])c2)s1. The standard InChI is InChI=1S/C19H17N3O3S2/c1-3-26-19-20-16(13-7-5-4-6-8-13)18(27-19)21-17(23)14-10-9-12(2)15(11-14)22(24)25/h4-11H,3H2,1-2H3,(H,21,23). The van der Waals surface area contributed by atoms with E-state index in [1.54, 1.807) is 30.8 Å². The Balaban J connectivity index is 1.94. The molecule has 27 heavy (non-hydrogen) atoms. The van der Waals surface area contributed by atoms with E-state index >= 15 is 0 Å². The molecule has 2 aromatic carbocycles. The van der Waals surface area contributed by atoms with Crippen molar-refractivity contribution in [2.75, 3.05) is 11.1 Å². The van der Waals surface area contributed by atoms with Crippen LogP contribution in [0.5, 0.6) is 0 Å². The fraction of sp³-hybridized carbons (Fsp3) is 0.158. The smallest absolute Gasteiger partial charge is 0.273 e.